The Hall–Kier alpha value is -1.55. The normalized spacial score (nSPS) is 11.3. The van der Waals surface area contributed by atoms with Gasteiger partial charge in [0.2, 0.25) is 0 Å². The molecule has 4 heteroatoms. The molecule has 0 saturated carbocycles. The van der Waals surface area contributed by atoms with Crippen molar-refractivity contribution < 1.29 is 8.83 Å². The van der Waals surface area contributed by atoms with Gasteiger partial charge in [0.05, 0.1) is 0 Å². The van der Waals surface area contributed by atoms with Crippen LogP contribution in [0.4, 0.5) is 0 Å². The first-order valence-corrected chi connectivity index (χ1v) is 6.42. The number of nitrogens with one attached hydrogen (secondary N) is 1. The lowest BCUT2D eigenvalue weighted by atomic mass is 10.2. The molecule has 2 rings (SSSR count). The summed E-state index contributed by atoms with van der Waals surface area (Å²) in [6, 6.07) is 3.91. The summed E-state index contributed by atoms with van der Waals surface area (Å²) < 4.78 is 11.1. The van der Waals surface area contributed by atoms with Gasteiger partial charge in [-0.05, 0) is 24.6 Å². The number of oxazole rings is 1. The van der Waals surface area contributed by atoms with Crippen molar-refractivity contribution in [1.82, 2.24) is 10.3 Å². The maximum absolute atomic E-state index is 5.68. The predicted octanol–water partition coefficient (Wildman–Crippen LogP) is 3.24. The van der Waals surface area contributed by atoms with Gasteiger partial charge in [0.25, 0.3) is 0 Å². The Morgan fingerprint density at radius 3 is 2.83 bits per heavy atom. The minimum absolute atomic E-state index is 0.621. The molecule has 0 fully saturated rings. The quantitative estimate of drug-likeness (QED) is 0.852. The van der Waals surface area contributed by atoms with Crippen LogP contribution in [0.3, 0.4) is 0 Å². The summed E-state index contributed by atoms with van der Waals surface area (Å²) in [7, 11) is 0. The second-order valence-corrected chi connectivity index (χ2v) is 4.77. The van der Waals surface area contributed by atoms with Gasteiger partial charge in [-0.2, -0.15) is 0 Å². The highest BCUT2D eigenvalue weighted by Crippen LogP contribution is 2.25. The molecule has 0 radical (unpaired) electrons. The number of hydrogen-bond acceptors (Lipinski definition) is 4. The van der Waals surface area contributed by atoms with E-state index in [4.69, 9.17) is 8.83 Å². The summed E-state index contributed by atoms with van der Waals surface area (Å²) in [5, 5.41) is 3.35. The maximum atomic E-state index is 5.68. The Morgan fingerprint density at radius 2 is 2.17 bits per heavy atom. The van der Waals surface area contributed by atoms with Crippen LogP contribution in [0.1, 0.15) is 32.2 Å². The van der Waals surface area contributed by atoms with Crippen molar-refractivity contribution in [2.45, 2.75) is 33.7 Å². The van der Waals surface area contributed by atoms with Gasteiger partial charge in [-0.25, -0.2) is 4.98 Å². The van der Waals surface area contributed by atoms with Crippen LogP contribution in [-0.2, 0) is 13.0 Å². The van der Waals surface area contributed by atoms with Crippen LogP contribution in [0.15, 0.2) is 27.4 Å². The zero-order valence-electron chi connectivity index (χ0n) is 11.2. The zero-order chi connectivity index (χ0) is 13.0. The molecule has 0 unspecified atom stereocenters. The van der Waals surface area contributed by atoms with Crippen LogP contribution in [-0.4, -0.2) is 11.5 Å². The molecule has 0 aromatic carbocycles. The highest BCUT2D eigenvalue weighted by atomic mass is 16.4. The first kappa shape index (κ1) is 12.9. The average Bonchev–Trinajstić information content (AvgIpc) is 2.95. The van der Waals surface area contributed by atoms with Gasteiger partial charge in [-0.3, -0.25) is 0 Å². The lowest BCUT2D eigenvalue weighted by molar-refractivity contribution is 0.491. The Labute approximate surface area is 107 Å². The maximum Gasteiger partial charge on any atom is 0.194 e. The molecule has 18 heavy (non-hydrogen) atoms. The molecule has 1 N–H and O–H groups in total. The van der Waals surface area contributed by atoms with E-state index in [1.807, 2.05) is 12.1 Å². The Kier molecular flexibility index (Phi) is 4.20. The summed E-state index contributed by atoms with van der Waals surface area (Å²) in [5.41, 5.74) is 0.896. The van der Waals surface area contributed by atoms with E-state index in [2.05, 4.69) is 31.1 Å². The molecule has 0 amide bonds. The van der Waals surface area contributed by atoms with E-state index in [0.717, 1.165) is 35.9 Å². The van der Waals surface area contributed by atoms with Crippen molar-refractivity contribution in [3.8, 4) is 11.5 Å². The molecule has 98 valence electrons. The lowest BCUT2D eigenvalue weighted by Crippen LogP contribution is -2.19. The zero-order valence-corrected chi connectivity index (χ0v) is 11.2. The highest BCUT2D eigenvalue weighted by molar-refractivity contribution is 5.53. The van der Waals surface area contributed by atoms with Gasteiger partial charge in [0.15, 0.2) is 17.9 Å². The van der Waals surface area contributed by atoms with Crippen LogP contribution >= 0.6 is 0 Å². The monoisotopic (exact) mass is 248 g/mol. The number of furan rings is 1. The van der Waals surface area contributed by atoms with Crippen molar-refractivity contribution in [1.29, 1.82) is 0 Å². The third-order valence-electron chi connectivity index (χ3n) is 2.72. The van der Waals surface area contributed by atoms with Gasteiger partial charge < -0.3 is 14.2 Å². The van der Waals surface area contributed by atoms with E-state index in [9.17, 15) is 0 Å². The molecule has 0 aliphatic heterocycles. The van der Waals surface area contributed by atoms with Crippen molar-refractivity contribution in [2.24, 2.45) is 5.92 Å². The van der Waals surface area contributed by atoms with E-state index in [-0.39, 0.29) is 0 Å². The molecular formula is C14H20N2O2. The molecule has 0 spiro atoms. The SMILES string of the molecule is CCc1ccc(-c2ocnc2CNCC(C)C)o1. The van der Waals surface area contributed by atoms with Gasteiger partial charge in [-0.15, -0.1) is 0 Å². The molecule has 0 bridgehead atoms. The fourth-order valence-electron chi connectivity index (χ4n) is 1.76. The Morgan fingerprint density at radius 1 is 1.33 bits per heavy atom. The summed E-state index contributed by atoms with van der Waals surface area (Å²) in [6.07, 6.45) is 2.35. The molecule has 0 atom stereocenters. The number of aryl methyl sites for hydroxylation is 1. The standard InChI is InChI=1S/C14H20N2O2/c1-4-11-5-6-13(18-11)14-12(16-9-17-14)8-15-7-10(2)3/h5-6,9-10,15H,4,7-8H2,1-3H3. The predicted molar refractivity (Wildman–Crippen MR) is 70.1 cm³/mol. The fourth-order valence-corrected chi connectivity index (χ4v) is 1.76. The summed E-state index contributed by atoms with van der Waals surface area (Å²) >= 11 is 0. The van der Waals surface area contributed by atoms with Crippen LogP contribution < -0.4 is 5.32 Å². The molecule has 0 aliphatic carbocycles. The molecular weight excluding hydrogens is 228 g/mol. The Bertz CT molecular complexity index is 485. The van der Waals surface area contributed by atoms with E-state index < -0.39 is 0 Å². The van der Waals surface area contributed by atoms with Gasteiger partial charge in [0, 0.05) is 13.0 Å². The van der Waals surface area contributed by atoms with Crippen molar-refractivity contribution in [3.05, 3.63) is 30.0 Å². The molecule has 2 aromatic heterocycles. The van der Waals surface area contributed by atoms with Gasteiger partial charge >= 0.3 is 0 Å². The van der Waals surface area contributed by atoms with E-state index >= 15 is 0 Å². The first-order valence-electron chi connectivity index (χ1n) is 6.42. The number of aromatic nitrogens is 1. The van der Waals surface area contributed by atoms with E-state index in [1.165, 1.54) is 6.39 Å². The van der Waals surface area contributed by atoms with Crippen LogP contribution in [0, 0.1) is 5.92 Å². The van der Waals surface area contributed by atoms with Crippen LogP contribution in [0.2, 0.25) is 0 Å². The second-order valence-electron chi connectivity index (χ2n) is 4.77. The lowest BCUT2D eigenvalue weighted by Gasteiger charge is -2.05. The molecule has 4 nitrogen and oxygen atoms in total. The molecule has 0 saturated heterocycles. The van der Waals surface area contributed by atoms with Gasteiger partial charge in [0.1, 0.15) is 11.5 Å². The highest BCUT2D eigenvalue weighted by Gasteiger charge is 2.14. The van der Waals surface area contributed by atoms with Gasteiger partial charge in [-0.1, -0.05) is 20.8 Å². The topological polar surface area (TPSA) is 51.2 Å². The van der Waals surface area contributed by atoms with Crippen molar-refractivity contribution in [2.75, 3.05) is 6.54 Å². The van der Waals surface area contributed by atoms with Crippen molar-refractivity contribution >= 4 is 0 Å². The van der Waals surface area contributed by atoms with Crippen LogP contribution in [0.25, 0.3) is 11.5 Å². The number of rotatable bonds is 6. The second kappa shape index (κ2) is 5.87. The smallest absolute Gasteiger partial charge is 0.194 e. The van der Waals surface area contributed by atoms with E-state index in [0.29, 0.717) is 12.5 Å². The minimum Gasteiger partial charge on any atom is -0.458 e. The van der Waals surface area contributed by atoms with E-state index in [1.54, 1.807) is 0 Å². The third-order valence-corrected chi connectivity index (χ3v) is 2.72. The number of nitrogens with zero attached hydrogens (tertiary/aromatic N) is 1. The van der Waals surface area contributed by atoms with Crippen LogP contribution in [0.5, 0.6) is 0 Å². The largest absolute Gasteiger partial charge is 0.458 e. The molecule has 2 heterocycles. The number of hydrogen-bond donors (Lipinski definition) is 1. The third kappa shape index (κ3) is 3.01. The molecule has 0 aliphatic rings. The summed E-state index contributed by atoms with van der Waals surface area (Å²) in [6.45, 7) is 8.08. The average molecular weight is 248 g/mol. The summed E-state index contributed by atoms with van der Waals surface area (Å²) in [5.74, 6) is 3.06. The Balaban J connectivity index is 2.07. The first-order chi connectivity index (χ1) is 8.70. The molecule has 2 aromatic rings. The van der Waals surface area contributed by atoms with Crippen molar-refractivity contribution in [3.63, 3.8) is 0 Å². The summed E-state index contributed by atoms with van der Waals surface area (Å²) in [4.78, 5) is 4.24. The minimum atomic E-state index is 0.621. The fraction of sp³-hybridized carbons (Fsp3) is 0.500.